The molecule has 1 unspecified atom stereocenters. The van der Waals surface area contributed by atoms with Crippen molar-refractivity contribution in [3.8, 4) is 22.8 Å². The maximum Gasteiger partial charge on any atom is 0.300 e. The molecule has 0 fully saturated rings. The van der Waals surface area contributed by atoms with Gasteiger partial charge in [-0.25, -0.2) is 0 Å². The Morgan fingerprint density at radius 2 is 1.77 bits per heavy atom. The van der Waals surface area contributed by atoms with Gasteiger partial charge >= 0.3 is 5.56 Å². The zero-order chi connectivity index (χ0) is 26.8. The van der Waals surface area contributed by atoms with Crippen molar-refractivity contribution in [3.05, 3.63) is 121 Å². The SMILES string of the molecule is CCCCOc1ccc(-c2nn3c(=O)c(=CC4=Cc5ccccc5OC4c4ccccc4)sc3nc2=O)cc1. The number of para-hydroxylation sites is 1. The van der Waals surface area contributed by atoms with Crippen molar-refractivity contribution in [2.24, 2.45) is 0 Å². The van der Waals surface area contributed by atoms with Gasteiger partial charge in [0.05, 0.1) is 11.1 Å². The highest BCUT2D eigenvalue weighted by Gasteiger charge is 2.23. The zero-order valence-electron chi connectivity index (χ0n) is 21.2. The monoisotopic (exact) mass is 535 g/mol. The maximum atomic E-state index is 13.4. The van der Waals surface area contributed by atoms with Crippen molar-refractivity contribution >= 4 is 28.4 Å². The molecule has 3 aromatic carbocycles. The molecule has 0 saturated carbocycles. The van der Waals surface area contributed by atoms with E-state index in [0.717, 1.165) is 52.4 Å². The molecule has 0 radical (unpaired) electrons. The van der Waals surface area contributed by atoms with Crippen LogP contribution in [0.3, 0.4) is 0 Å². The third-order valence-corrected chi connectivity index (χ3v) is 7.43. The van der Waals surface area contributed by atoms with Crippen molar-refractivity contribution in [1.82, 2.24) is 14.6 Å². The van der Waals surface area contributed by atoms with E-state index >= 15 is 0 Å². The maximum absolute atomic E-state index is 13.4. The number of ether oxygens (including phenoxy) is 2. The van der Waals surface area contributed by atoms with Gasteiger partial charge in [0.2, 0.25) is 4.96 Å². The second-order valence-corrected chi connectivity index (χ2v) is 10.2. The average molecular weight is 536 g/mol. The molecule has 6 rings (SSSR count). The van der Waals surface area contributed by atoms with E-state index in [1.165, 1.54) is 4.52 Å². The fourth-order valence-electron chi connectivity index (χ4n) is 4.45. The fourth-order valence-corrected chi connectivity index (χ4v) is 5.35. The number of thiazole rings is 1. The number of hydrogen-bond donors (Lipinski definition) is 0. The first-order valence-electron chi connectivity index (χ1n) is 12.8. The lowest BCUT2D eigenvalue weighted by Gasteiger charge is -2.26. The minimum atomic E-state index is -0.487. The first-order valence-corrected chi connectivity index (χ1v) is 13.6. The lowest BCUT2D eigenvalue weighted by molar-refractivity contribution is 0.244. The highest BCUT2D eigenvalue weighted by Crippen LogP contribution is 2.37. The van der Waals surface area contributed by atoms with E-state index in [1.807, 2.05) is 66.7 Å². The third kappa shape index (κ3) is 4.98. The van der Waals surface area contributed by atoms with E-state index in [4.69, 9.17) is 9.47 Å². The van der Waals surface area contributed by atoms with E-state index in [0.29, 0.717) is 16.7 Å². The summed E-state index contributed by atoms with van der Waals surface area (Å²) in [4.78, 5) is 30.7. The summed E-state index contributed by atoms with van der Waals surface area (Å²) in [5.74, 6) is 1.50. The van der Waals surface area contributed by atoms with Gasteiger partial charge < -0.3 is 9.47 Å². The van der Waals surface area contributed by atoms with Crippen LogP contribution in [-0.4, -0.2) is 21.2 Å². The van der Waals surface area contributed by atoms with Crippen LogP contribution in [0.1, 0.15) is 37.0 Å². The van der Waals surface area contributed by atoms with Gasteiger partial charge in [0.25, 0.3) is 5.56 Å². The molecule has 1 atom stereocenters. The van der Waals surface area contributed by atoms with Crippen LogP contribution in [-0.2, 0) is 0 Å². The topological polar surface area (TPSA) is 82.8 Å². The molecule has 1 aliphatic rings. The summed E-state index contributed by atoms with van der Waals surface area (Å²) in [6, 6.07) is 24.8. The van der Waals surface area contributed by atoms with E-state index < -0.39 is 5.56 Å². The molecular formula is C31H25N3O4S. The number of fused-ring (bicyclic) bond motifs is 2. The molecule has 0 amide bonds. The minimum absolute atomic E-state index is 0.116. The highest BCUT2D eigenvalue weighted by molar-refractivity contribution is 7.15. The highest BCUT2D eigenvalue weighted by atomic mass is 32.1. The average Bonchev–Trinajstić information content (AvgIpc) is 3.26. The van der Waals surface area contributed by atoms with Crippen molar-refractivity contribution in [1.29, 1.82) is 0 Å². The molecule has 0 aliphatic carbocycles. The number of hydrogen-bond acceptors (Lipinski definition) is 7. The quantitative estimate of drug-likeness (QED) is 0.271. The minimum Gasteiger partial charge on any atom is -0.494 e. The Morgan fingerprint density at radius 3 is 2.56 bits per heavy atom. The predicted octanol–water partition coefficient (Wildman–Crippen LogP) is 5.07. The Balaban J connectivity index is 1.41. The summed E-state index contributed by atoms with van der Waals surface area (Å²) in [6.07, 6.45) is 5.47. The number of rotatable bonds is 7. The molecule has 1 aliphatic heterocycles. The van der Waals surface area contributed by atoms with Crippen LogP contribution < -0.4 is 25.1 Å². The predicted molar refractivity (Wildman–Crippen MR) is 153 cm³/mol. The molecule has 5 aromatic rings. The Hall–Kier alpha value is -4.56. The van der Waals surface area contributed by atoms with E-state index in [9.17, 15) is 9.59 Å². The van der Waals surface area contributed by atoms with Crippen LogP contribution in [0.5, 0.6) is 11.5 Å². The van der Waals surface area contributed by atoms with Gasteiger partial charge in [-0.2, -0.15) is 14.6 Å². The summed E-state index contributed by atoms with van der Waals surface area (Å²) in [5.41, 5.74) is 2.59. The van der Waals surface area contributed by atoms with Gasteiger partial charge in [-0.1, -0.05) is 73.2 Å². The zero-order valence-corrected chi connectivity index (χ0v) is 22.1. The third-order valence-electron chi connectivity index (χ3n) is 6.47. The number of benzene rings is 3. The molecule has 8 heteroatoms. The van der Waals surface area contributed by atoms with Gasteiger partial charge in [0.15, 0.2) is 5.69 Å². The number of aromatic nitrogens is 3. The van der Waals surface area contributed by atoms with Gasteiger partial charge in [0, 0.05) is 11.1 Å². The molecule has 0 saturated heterocycles. The Kier molecular flexibility index (Phi) is 6.77. The van der Waals surface area contributed by atoms with E-state index in [1.54, 1.807) is 24.3 Å². The smallest absolute Gasteiger partial charge is 0.300 e. The molecule has 7 nitrogen and oxygen atoms in total. The van der Waals surface area contributed by atoms with Crippen LogP contribution in [0.4, 0.5) is 0 Å². The van der Waals surface area contributed by atoms with Gasteiger partial charge in [-0.15, -0.1) is 0 Å². The lowest BCUT2D eigenvalue weighted by atomic mass is 9.96. The molecule has 0 N–H and O–H groups in total. The second-order valence-electron chi connectivity index (χ2n) is 9.19. The van der Waals surface area contributed by atoms with E-state index in [2.05, 4.69) is 17.0 Å². The van der Waals surface area contributed by atoms with E-state index in [-0.39, 0.29) is 22.3 Å². The molecule has 39 heavy (non-hydrogen) atoms. The standard InChI is InChI=1S/C31H25N3O4S/c1-2-3-17-37-24-15-13-20(14-16-24)27-29(35)32-31-34(33-27)30(36)26(39-31)19-23-18-22-11-7-8-12-25(22)38-28(23)21-9-5-4-6-10-21/h4-16,18-19,28H,2-3,17H2,1H3. The van der Waals surface area contributed by atoms with Crippen molar-refractivity contribution in [2.75, 3.05) is 6.61 Å². The van der Waals surface area contributed by atoms with Gasteiger partial charge in [0.1, 0.15) is 17.6 Å². The summed E-state index contributed by atoms with van der Waals surface area (Å²) >= 11 is 1.13. The Bertz CT molecular complexity index is 1840. The van der Waals surface area contributed by atoms with Gasteiger partial charge in [-0.3, -0.25) is 9.59 Å². The summed E-state index contributed by atoms with van der Waals surface area (Å²) in [6.45, 7) is 2.74. The summed E-state index contributed by atoms with van der Waals surface area (Å²) < 4.78 is 13.7. The Morgan fingerprint density at radius 1 is 1.00 bits per heavy atom. The second kappa shape index (κ2) is 10.7. The molecule has 0 bridgehead atoms. The molecular weight excluding hydrogens is 510 g/mol. The molecule has 194 valence electrons. The molecule has 0 spiro atoms. The van der Waals surface area contributed by atoms with Gasteiger partial charge in [-0.05, 0) is 60.0 Å². The largest absolute Gasteiger partial charge is 0.494 e. The van der Waals surface area contributed by atoms with Crippen molar-refractivity contribution in [2.45, 2.75) is 25.9 Å². The number of nitrogens with zero attached hydrogens (tertiary/aromatic N) is 3. The van der Waals surface area contributed by atoms with Crippen LogP contribution >= 0.6 is 11.3 Å². The summed E-state index contributed by atoms with van der Waals surface area (Å²) in [7, 11) is 0. The first kappa shape index (κ1) is 24.8. The normalized spacial score (nSPS) is 15.1. The van der Waals surface area contributed by atoms with Crippen LogP contribution in [0.25, 0.3) is 28.4 Å². The van der Waals surface area contributed by atoms with Crippen LogP contribution in [0, 0.1) is 0 Å². The first-order chi connectivity index (χ1) is 19.1. The van der Waals surface area contributed by atoms with Crippen molar-refractivity contribution in [3.63, 3.8) is 0 Å². The van der Waals surface area contributed by atoms with Crippen LogP contribution in [0.15, 0.2) is 94.0 Å². The lowest BCUT2D eigenvalue weighted by Crippen LogP contribution is -2.27. The number of unbranched alkanes of at least 4 members (excludes halogenated alkanes) is 1. The van der Waals surface area contributed by atoms with Crippen LogP contribution in [0.2, 0.25) is 0 Å². The molecule has 2 aromatic heterocycles. The fraction of sp³-hybridized carbons (Fsp3) is 0.161. The Labute approximate surface area is 228 Å². The summed E-state index contributed by atoms with van der Waals surface area (Å²) in [5, 5.41) is 4.40. The van der Waals surface area contributed by atoms with Crippen molar-refractivity contribution < 1.29 is 9.47 Å². The molecule has 3 heterocycles.